The summed E-state index contributed by atoms with van der Waals surface area (Å²) >= 11 is 0. The molecule has 9 nitrogen and oxygen atoms in total. The van der Waals surface area contributed by atoms with Gasteiger partial charge in [-0.1, -0.05) is 6.07 Å². The highest BCUT2D eigenvalue weighted by molar-refractivity contribution is 5.75. The Morgan fingerprint density at radius 3 is 2.59 bits per heavy atom. The van der Waals surface area contributed by atoms with Crippen LogP contribution in [0.3, 0.4) is 0 Å². The summed E-state index contributed by atoms with van der Waals surface area (Å²) in [6.45, 7) is 13.1. The van der Waals surface area contributed by atoms with Crippen molar-refractivity contribution in [2.24, 2.45) is 9.98 Å². The second kappa shape index (κ2) is 9.34. The van der Waals surface area contributed by atoms with E-state index in [-0.39, 0.29) is 22.9 Å². The second-order valence-electron chi connectivity index (χ2n) is 10.0. The predicted octanol–water partition coefficient (Wildman–Crippen LogP) is 3.82. The van der Waals surface area contributed by atoms with Crippen molar-refractivity contribution in [2.75, 3.05) is 11.9 Å². The number of hydrogen-bond donors (Lipinski definition) is 3. The van der Waals surface area contributed by atoms with Crippen molar-refractivity contribution < 1.29 is 5.11 Å². The Morgan fingerprint density at radius 1 is 1.24 bits per heavy atom. The van der Waals surface area contributed by atoms with Crippen LogP contribution in [0, 0.1) is 0 Å². The van der Waals surface area contributed by atoms with Gasteiger partial charge in [-0.05, 0) is 59.4 Å². The van der Waals surface area contributed by atoms with Crippen molar-refractivity contribution in [1.82, 2.24) is 25.4 Å². The number of phenols is 1. The third-order valence-corrected chi connectivity index (χ3v) is 5.85. The Bertz CT molecular complexity index is 1120. The van der Waals surface area contributed by atoms with E-state index in [0.29, 0.717) is 29.4 Å². The number of nitrogens with one attached hydrogen (secondary N) is 2. The number of aromatic hydroxyl groups is 1. The molecule has 2 aliphatic rings. The smallest absolute Gasteiger partial charge is 0.242 e. The van der Waals surface area contributed by atoms with E-state index in [9.17, 15) is 5.11 Å². The molecule has 3 heterocycles. The summed E-state index contributed by atoms with van der Waals surface area (Å²) in [6, 6.07) is 5.53. The molecule has 9 heteroatoms. The van der Waals surface area contributed by atoms with Crippen LogP contribution in [0.5, 0.6) is 5.75 Å². The molecule has 2 aliphatic heterocycles. The van der Waals surface area contributed by atoms with Gasteiger partial charge in [0, 0.05) is 53.1 Å². The van der Waals surface area contributed by atoms with Gasteiger partial charge in [0.25, 0.3) is 0 Å². The van der Waals surface area contributed by atoms with Gasteiger partial charge in [-0.15, -0.1) is 10.2 Å². The van der Waals surface area contributed by atoms with Gasteiger partial charge in [-0.25, -0.2) is 4.98 Å². The van der Waals surface area contributed by atoms with E-state index >= 15 is 0 Å². The van der Waals surface area contributed by atoms with Gasteiger partial charge < -0.3 is 20.6 Å². The monoisotopic (exact) mass is 460 g/mol. The summed E-state index contributed by atoms with van der Waals surface area (Å²) in [5.41, 5.74) is 2.46. The SMILES string of the molecule is C=N/C(=C\N1C=CN=CC1)c1ccc(-c2cnc(NC3CC(C)(C)NC(C)(C)C3)nn2)c(O)c1. The average Bonchev–Trinajstić information content (AvgIpc) is 2.77. The standard InChI is InChI=1S/C25H32N8O/c1-24(2)13-18(14-25(3,4)32-24)29-23-28-15-20(30-31-23)19-7-6-17(12-22(19)34)21(26-5)16-33-10-8-27-9-11-33/h6-10,12,15-16,18,32,34H,5,11,13-14H2,1-4H3,(H,28,29,31)/b21-16-. The Labute approximate surface area is 200 Å². The minimum atomic E-state index is 0.0196. The number of nitrogens with zero attached hydrogens (tertiary/aromatic N) is 6. The zero-order valence-corrected chi connectivity index (χ0v) is 20.2. The molecule has 0 bridgehead atoms. The van der Waals surface area contributed by atoms with Crippen molar-refractivity contribution in [1.29, 1.82) is 0 Å². The third-order valence-electron chi connectivity index (χ3n) is 5.85. The van der Waals surface area contributed by atoms with Gasteiger partial charge in [-0.3, -0.25) is 9.98 Å². The van der Waals surface area contributed by atoms with Crippen LogP contribution in [-0.4, -0.2) is 61.8 Å². The largest absolute Gasteiger partial charge is 0.507 e. The van der Waals surface area contributed by atoms with Crippen LogP contribution < -0.4 is 10.6 Å². The van der Waals surface area contributed by atoms with Crippen LogP contribution in [0.1, 0.15) is 46.1 Å². The number of benzene rings is 1. The molecule has 2 aromatic rings. The van der Waals surface area contributed by atoms with Crippen molar-refractivity contribution in [2.45, 2.75) is 57.7 Å². The van der Waals surface area contributed by atoms with E-state index in [4.69, 9.17) is 0 Å². The minimum Gasteiger partial charge on any atom is -0.507 e. The molecule has 1 saturated heterocycles. The second-order valence-corrected chi connectivity index (χ2v) is 10.0. The molecule has 1 fully saturated rings. The Morgan fingerprint density at radius 2 is 2.00 bits per heavy atom. The Kier molecular flexibility index (Phi) is 6.47. The average molecular weight is 461 g/mol. The normalized spacial score (nSPS) is 19.8. The van der Waals surface area contributed by atoms with E-state index < -0.39 is 0 Å². The van der Waals surface area contributed by atoms with E-state index in [1.807, 2.05) is 23.4 Å². The molecular formula is C25H32N8O. The lowest BCUT2D eigenvalue weighted by Gasteiger charge is -2.46. The third kappa shape index (κ3) is 5.66. The summed E-state index contributed by atoms with van der Waals surface area (Å²) in [4.78, 5) is 14.6. The summed E-state index contributed by atoms with van der Waals surface area (Å²) in [7, 11) is 0. The van der Waals surface area contributed by atoms with Gasteiger partial charge in [0.05, 0.1) is 18.4 Å². The molecule has 0 amide bonds. The van der Waals surface area contributed by atoms with Crippen LogP contribution in [0.15, 0.2) is 53.0 Å². The zero-order chi connectivity index (χ0) is 24.3. The molecule has 0 unspecified atom stereocenters. The van der Waals surface area contributed by atoms with Gasteiger partial charge in [0.15, 0.2) is 0 Å². The summed E-state index contributed by atoms with van der Waals surface area (Å²) < 4.78 is 0. The molecule has 0 atom stereocenters. The fourth-order valence-corrected chi connectivity index (χ4v) is 4.83. The van der Waals surface area contributed by atoms with Crippen molar-refractivity contribution in [3.05, 3.63) is 48.6 Å². The van der Waals surface area contributed by atoms with Crippen LogP contribution in [0.25, 0.3) is 17.0 Å². The van der Waals surface area contributed by atoms with Crippen molar-refractivity contribution >= 4 is 24.6 Å². The lowest BCUT2D eigenvalue weighted by Crippen LogP contribution is -2.60. The topological polar surface area (TPSA) is 111 Å². The molecule has 1 aromatic carbocycles. The van der Waals surface area contributed by atoms with Crippen molar-refractivity contribution in [3.63, 3.8) is 0 Å². The summed E-state index contributed by atoms with van der Waals surface area (Å²) in [5, 5.41) is 26.4. The number of hydrogen-bond acceptors (Lipinski definition) is 9. The molecular weight excluding hydrogens is 428 g/mol. The number of anilines is 1. The maximum Gasteiger partial charge on any atom is 0.242 e. The highest BCUT2D eigenvalue weighted by atomic mass is 16.3. The number of aromatic nitrogens is 3. The highest BCUT2D eigenvalue weighted by Gasteiger charge is 2.37. The maximum atomic E-state index is 10.7. The lowest BCUT2D eigenvalue weighted by atomic mass is 9.80. The van der Waals surface area contributed by atoms with E-state index in [2.05, 4.69) is 70.2 Å². The Hall–Kier alpha value is -3.59. The van der Waals surface area contributed by atoms with Crippen LogP contribution in [-0.2, 0) is 0 Å². The van der Waals surface area contributed by atoms with E-state index in [1.165, 1.54) is 0 Å². The van der Waals surface area contributed by atoms with Gasteiger partial charge >= 0.3 is 0 Å². The fourth-order valence-electron chi connectivity index (χ4n) is 4.83. The maximum absolute atomic E-state index is 10.7. The molecule has 3 N–H and O–H groups in total. The van der Waals surface area contributed by atoms with Crippen LogP contribution >= 0.6 is 0 Å². The summed E-state index contributed by atoms with van der Waals surface area (Å²) in [5.74, 6) is 0.555. The molecule has 0 aliphatic carbocycles. The van der Waals surface area contributed by atoms with Gasteiger partial charge in [0.2, 0.25) is 5.95 Å². The number of rotatable bonds is 6. The summed E-state index contributed by atoms with van der Waals surface area (Å²) in [6.07, 6.45) is 10.7. The van der Waals surface area contributed by atoms with Crippen LogP contribution in [0.4, 0.5) is 5.95 Å². The first-order chi connectivity index (χ1) is 16.1. The van der Waals surface area contributed by atoms with E-state index in [1.54, 1.807) is 30.7 Å². The van der Waals surface area contributed by atoms with Gasteiger partial charge in [0.1, 0.15) is 11.4 Å². The molecule has 1 aromatic heterocycles. The van der Waals surface area contributed by atoms with E-state index in [0.717, 1.165) is 18.4 Å². The minimum absolute atomic E-state index is 0.0196. The van der Waals surface area contributed by atoms with Gasteiger partial charge in [-0.2, -0.15) is 0 Å². The number of aliphatic imine (C=N–C) groups is 2. The molecule has 0 spiro atoms. The first kappa shape index (κ1) is 23.6. The zero-order valence-electron chi connectivity index (χ0n) is 20.2. The molecule has 4 rings (SSSR count). The number of phenolic OH excluding ortho intramolecular Hbond substituents is 1. The van der Waals surface area contributed by atoms with Crippen molar-refractivity contribution in [3.8, 4) is 17.0 Å². The lowest BCUT2D eigenvalue weighted by molar-refractivity contribution is 0.170. The fraction of sp³-hybridized carbons (Fsp3) is 0.400. The number of piperidine rings is 1. The first-order valence-electron chi connectivity index (χ1n) is 11.4. The molecule has 178 valence electrons. The quantitative estimate of drug-likeness (QED) is 0.562. The first-order valence-corrected chi connectivity index (χ1v) is 11.4. The predicted molar refractivity (Wildman–Crippen MR) is 137 cm³/mol. The molecule has 0 radical (unpaired) electrons. The highest BCUT2D eigenvalue weighted by Crippen LogP contribution is 2.32. The van der Waals surface area contributed by atoms with Crippen LogP contribution in [0.2, 0.25) is 0 Å². The molecule has 34 heavy (non-hydrogen) atoms. The molecule has 0 saturated carbocycles. The Balaban J connectivity index is 1.48.